The van der Waals surface area contributed by atoms with Crippen LogP contribution < -0.4 is 4.74 Å². The zero-order valence-electron chi connectivity index (χ0n) is 10.7. The molecule has 0 bridgehead atoms. The van der Waals surface area contributed by atoms with Gasteiger partial charge in [0.1, 0.15) is 5.75 Å². The van der Waals surface area contributed by atoms with E-state index in [4.69, 9.17) is 9.47 Å². The number of rotatable bonds is 8. The quantitative estimate of drug-likeness (QED) is 0.638. The van der Waals surface area contributed by atoms with Gasteiger partial charge in [0.15, 0.2) is 0 Å². The zero-order valence-corrected chi connectivity index (χ0v) is 10.7. The molecule has 0 heterocycles. The Morgan fingerprint density at radius 3 is 2.59 bits per heavy atom. The van der Waals surface area contributed by atoms with E-state index >= 15 is 0 Å². The van der Waals surface area contributed by atoms with Crippen molar-refractivity contribution >= 4 is 0 Å². The lowest BCUT2D eigenvalue weighted by molar-refractivity contribution is 0.0997. The molecule has 1 atom stereocenters. The smallest absolute Gasteiger partial charge is 0.118 e. The second-order valence-electron chi connectivity index (χ2n) is 4.10. The molecule has 0 N–H and O–H groups in total. The molecule has 0 unspecified atom stereocenters. The van der Waals surface area contributed by atoms with Gasteiger partial charge in [-0.15, -0.1) is 6.58 Å². The minimum absolute atomic E-state index is 0.464. The highest BCUT2D eigenvalue weighted by atomic mass is 16.5. The molecule has 0 aliphatic carbocycles. The second-order valence-corrected chi connectivity index (χ2v) is 4.10. The van der Waals surface area contributed by atoms with Gasteiger partial charge in [-0.2, -0.15) is 0 Å². The number of methoxy groups -OCH3 is 1. The second kappa shape index (κ2) is 7.91. The van der Waals surface area contributed by atoms with Crippen molar-refractivity contribution in [3.8, 4) is 5.75 Å². The molecular formula is C15H21O2. The van der Waals surface area contributed by atoms with Crippen LogP contribution in [-0.4, -0.2) is 13.7 Å². The summed E-state index contributed by atoms with van der Waals surface area (Å²) in [6.07, 6.45) is 5.05. The first-order valence-corrected chi connectivity index (χ1v) is 5.91. The van der Waals surface area contributed by atoms with Crippen molar-refractivity contribution in [2.75, 3.05) is 13.7 Å². The van der Waals surface area contributed by atoms with Gasteiger partial charge in [-0.05, 0) is 36.5 Å². The predicted octanol–water partition coefficient (Wildman–Crippen LogP) is 3.63. The first-order chi connectivity index (χ1) is 8.26. The third-order valence-electron chi connectivity index (χ3n) is 2.51. The van der Waals surface area contributed by atoms with Gasteiger partial charge in [0.2, 0.25) is 0 Å². The highest BCUT2D eigenvalue weighted by molar-refractivity contribution is 5.26. The third kappa shape index (κ3) is 5.55. The predicted molar refractivity (Wildman–Crippen MR) is 70.9 cm³/mol. The van der Waals surface area contributed by atoms with Crippen molar-refractivity contribution in [2.45, 2.75) is 20.0 Å². The molecule has 1 rings (SSSR count). The summed E-state index contributed by atoms with van der Waals surface area (Å²) in [4.78, 5) is 0. The fraction of sp³-hybridized carbons (Fsp3) is 0.400. The van der Waals surface area contributed by atoms with Crippen molar-refractivity contribution in [1.29, 1.82) is 0 Å². The third-order valence-corrected chi connectivity index (χ3v) is 2.51. The number of benzene rings is 1. The van der Waals surface area contributed by atoms with Crippen LogP contribution in [0.5, 0.6) is 5.75 Å². The normalized spacial score (nSPS) is 12.1. The Hall–Kier alpha value is -1.28. The summed E-state index contributed by atoms with van der Waals surface area (Å²) in [6, 6.07) is 7.95. The van der Waals surface area contributed by atoms with Gasteiger partial charge in [-0.1, -0.05) is 25.1 Å². The van der Waals surface area contributed by atoms with E-state index in [0.717, 1.165) is 18.8 Å². The molecule has 0 saturated carbocycles. The van der Waals surface area contributed by atoms with Crippen LogP contribution in [0, 0.1) is 12.3 Å². The number of allylic oxidation sites excluding steroid dienone is 1. The Labute approximate surface area is 104 Å². The van der Waals surface area contributed by atoms with E-state index in [-0.39, 0.29) is 0 Å². The zero-order chi connectivity index (χ0) is 12.5. The number of ether oxygens (including phenoxy) is 2. The van der Waals surface area contributed by atoms with Gasteiger partial charge in [0, 0.05) is 6.61 Å². The van der Waals surface area contributed by atoms with Gasteiger partial charge in [-0.3, -0.25) is 0 Å². The number of hydrogen-bond acceptors (Lipinski definition) is 2. The summed E-state index contributed by atoms with van der Waals surface area (Å²) in [7, 11) is 1.67. The number of hydrogen-bond donors (Lipinski definition) is 0. The Bertz CT molecular complexity index is 316. The maximum Gasteiger partial charge on any atom is 0.118 e. The largest absolute Gasteiger partial charge is 0.497 e. The molecule has 1 radical (unpaired) electrons. The lowest BCUT2D eigenvalue weighted by Gasteiger charge is -2.10. The minimum atomic E-state index is 0.464. The van der Waals surface area contributed by atoms with E-state index in [2.05, 4.69) is 19.9 Å². The molecular weight excluding hydrogens is 212 g/mol. The van der Waals surface area contributed by atoms with Crippen LogP contribution in [0.15, 0.2) is 36.9 Å². The minimum Gasteiger partial charge on any atom is -0.497 e. The van der Waals surface area contributed by atoms with Crippen molar-refractivity contribution in [3.05, 3.63) is 48.9 Å². The van der Waals surface area contributed by atoms with Crippen LogP contribution in [0.4, 0.5) is 0 Å². The van der Waals surface area contributed by atoms with E-state index in [0.29, 0.717) is 12.5 Å². The first kappa shape index (κ1) is 13.8. The van der Waals surface area contributed by atoms with Crippen molar-refractivity contribution < 1.29 is 9.47 Å². The van der Waals surface area contributed by atoms with Crippen LogP contribution in [0.25, 0.3) is 0 Å². The molecule has 0 amide bonds. The van der Waals surface area contributed by atoms with E-state index in [1.165, 1.54) is 5.56 Å². The topological polar surface area (TPSA) is 18.5 Å². The van der Waals surface area contributed by atoms with Gasteiger partial charge in [0.05, 0.1) is 13.7 Å². The summed E-state index contributed by atoms with van der Waals surface area (Å²) in [5.74, 6) is 1.34. The first-order valence-electron chi connectivity index (χ1n) is 5.91. The monoisotopic (exact) mass is 233 g/mol. The van der Waals surface area contributed by atoms with E-state index in [1.807, 2.05) is 30.3 Å². The summed E-state index contributed by atoms with van der Waals surface area (Å²) in [6.45, 7) is 7.24. The molecule has 93 valence electrons. The summed E-state index contributed by atoms with van der Waals surface area (Å²) < 4.78 is 10.7. The molecule has 0 aliphatic rings. The summed E-state index contributed by atoms with van der Waals surface area (Å²) in [5, 5.41) is 0. The molecule has 0 spiro atoms. The van der Waals surface area contributed by atoms with Gasteiger partial charge >= 0.3 is 0 Å². The molecule has 1 aromatic carbocycles. The lowest BCUT2D eigenvalue weighted by atomic mass is 10.1. The van der Waals surface area contributed by atoms with Crippen LogP contribution in [0.2, 0.25) is 0 Å². The Balaban J connectivity index is 2.23. The van der Waals surface area contributed by atoms with Gasteiger partial charge < -0.3 is 9.47 Å². The molecule has 2 heteroatoms. The average Bonchev–Trinajstić information content (AvgIpc) is 2.37. The Kier molecular flexibility index (Phi) is 6.41. The maximum absolute atomic E-state index is 5.65. The highest BCUT2D eigenvalue weighted by Crippen LogP contribution is 2.13. The molecule has 17 heavy (non-hydrogen) atoms. The highest BCUT2D eigenvalue weighted by Gasteiger charge is 2.01. The standard InChI is InChI=1S/C15H21O2/c1-4-5-6-13(2)11-17-12-14-7-9-15(16-3)10-8-14/h4,6-10,13H,1,5,11-12H2,2-3H3/t13-/m1/s1. The van der Waals surface area contributed by atoms with Gasteiger partial charge in [-0.25, -0.2) is 0 Å². The lowest BCUT2D eigenvalue weighted by Crippen LogP contribution is -2.06. The van der Waals surface area contributed by atoms with E-state index < -0.39 is 0 Å². The van der Waals surface area contributed by atoms with Crippen LogP contribution >= 0.6 is 0 Å². The van der Waals surface area contributed by atoms with Crippen molar-refractivity contribution in [2.24, 2.45) is 5.92 Å². The average molecular weight is 233 g/mol. The fourth-order valence-corrected chi connectivity index (χ4v) is 1.48. The summed E-state index contributed by atoms with van der Waals surface area (Å²) in [5.41, 5.74) is 1.17. The van der Waals surface area contributed by atoms with Gasteiger partial charge in [0.25, 0.3) is 0 Å². The molecule has 1 aromatic rings. The van der Waals surface area contributed by atoms with Crippen LogP contribution in [0.3, 0.4) is 0 Å². The molecule has 2 nitrogen and oxygen atoms in total. The fourth-order valence-electron chi connectivity index (χ4n) is 1.48. The summed E-state index contributed by atoms with van der Waals surface area (Å²) >= 11 is 0. The van der Waals surface area contributed by atoms with Crippen LogP contribution in [0.1, 0.15) is 18.9 Å². The molecule has 0 saturated heterocycles. The van der Waals surface area contributed by atoms with E-state index in [1.54, 1.807) is 7.11 Å². The molecule has 0 fully saturated rings. The molecule has 0 aromatic heterocycles. The SMILES string of the molecule is C=CC[CH][C@@H](C)COCc1ccc(OC)cc1. The Morgan fingerprint density at radius 2 is 2.00 bits per heavy atom. The van der Waals surface area contributed by atoms with E-state index in [9.17, 15) is 0 Å². The molecule has 0 aliphatic heterocycles. The van der Waals surface area contributed by atoms with Crippen molar-refractivity contribution in [3.63, 3.8) is 0 Å². The van der Waals surface area contributed by atoms with Crippen LogP contribution in [-0.2, 0) is 11.3 Å². The maximum atomic E-state index is 5.65. The Morgan fingerprint density at radius 1 is 1.29 bits per heavy atom. The van der Waals surface area contributed by atoms with Crippen molar-refractivity contribution in [1.82, 2.24) is 0 Å².